The molecule has 0 aliphatic heterocycles. The van der Waals surface area contributed by atoms with Gasteiger partial charge >= 0.3 is 0 Å². The first-order valence-electron chi connectivity index (χ1n) is 11.9. The molecule has 2 atom stereocenters. The Balaban J connectivity index is 1.48. The fourth-order valence-electron chi connectivity index (χ4n) is 5.13. The number of ether oxygens (including phenoxy) is 1. The standard InChI is InChI=1S/C28H28N2O6/c1-15-12-23(32)27(34)28(36-15)19(16-10-11-22(31)24(13-16)35-2)14-25(33)29-21-9-5-7-18-17-6-3-4-8-20(17)30-26(18)21/h3-4,6,8,10-13,19,21,30-31,34H,5,7,9,14H2,1-2H3,(H,29,33). The number of carbonyl (C=O) groups excluding carboxylic acids is 1. The Labute approximate surface area is 207 Å². The molecule has 0 spiro atoms. The molecule has 0 saturated carbocycles. The number of benzene rings is 2. The summed E-state index contributed by atoms with van der Waals surface area (Å²) in [6.45, 7) is 1.61. The molecular weight excluding hydrogens is 460 g/mol. The lowest BCUT2D eigenvalue weighted by atomic mass is 9.89. The number of methoxy groups -OCH3 is 1. The van der Waals surface area contributed by atoms with E-state index in [4.69, 9.17) is 9.15 Å². The number of hydrogen-bond donors (Lipinski definition) is 4. The van der Waals surface area contributed by atoms with Gasteiger partial charge in [-0.3, -0.25) is 9.59 Å². The molecule has 0 fully saturated rings. The van der Waals surface area contributed by atoms with Crippen molar-refractivity contribution >= 4 is 16.8 Å². The molecule has 36 heavy (non-hydrogen) atoms. The van der Waals surface area contributed by atoms with Crippen LogP contribution in [0.25, 0.3) is 10.9 Å². The van der Waals surface area contributed by atoms with Crippen molar-refractivity contribution in [3.05, 3.63) is 87.1 Å². The number of H-pyrrole nitrogens is 1. The summed E-state index contributed by atoms with van der Waals surface area (Å²) in [6, 6.07) is 13.8. The molecule has 4 N–H and O–H groups in total. The molecule has 0 radical (unpaired) electrons. The van der Waals surface area contributed by atoms with Crippen LogP contribution in [-0.4, -0.2) is 28.2 Å². The molecule has 0 saturated heterocycles. The van der Waals surface area contributed by atoms with Crippen LogP contribution in [0.5, 0.6) is 17.2 Å². The van der Waals surface area contributed by atoms with Gasteiger partial charge in [-0.15, -0.1) is 0 Å². The van der Waals surface area contributed by atoms with E-state index in [0.717, 1.165) is 30.5 Å². The van der Waals surface area contributed by atoms with Crippen LogP contribution in [0.3, 0.4) is 0 Å². The van der Waals surface area contributed by atoms with E-state index in [1.807, 2.05) is 18.2 Å². The highest BCUT2D eigenvalue weighted by Gasteiger charge is 2.30. The monoisotopic (exact) mass is 488 g/mol. The van der Waals surface area contributed by atoms with Gasteiger partial charge in [0.2, 0.25) is 17.1 Å². The molecule has 186 valence electrons. The third-order valence-electron chi connectivity index (χ3n) is 6.83. The summed E-state index contributed by atoms with van der Waals surface area (Å²) < 4.78 is 11.0. The number of aryl methyl sites for hydroxylation is 2. The number of carbonyl (C=O) groups is 1. The number of amides is 1. The quantitative estimate of drug-likeness (QED) is 0.315. The van der Waals surface area contributed by atoms with Gasteiger partial charge < -0.3 is 29.7 Å². The van der Waals surface area contributed by atoms with Crippen LogP contribution in [0.1, 0.15) is 59.6 Å². The second-order valence-corrected chi connectivity index (χ2v) is 9.20. The Morgan fingerprint density at radius 1 is 1.22 bits per heavy atom. The van der Waals surface area contributed by atoms with E-state index in [-0.39, 0.29) is 35.6 Å². The topological polar surface area (TPSA) is 125 Å². The highest BCUT2D eigenvalue weighted by atomic mass is 16.5. The lowest BCUT2D eigenvalue weighted by molar-refractivity contribution is -0.122. The van der Waals surface area contributed by atoms with Crippen LogP contribution in [0.4, 0.5) is 0 Å². The lowest BCUT2D eigenvalue weighted by Crippen LogP contribution is -2.32. The Hall–Kier alpha value is -4.20. The summed E-state index contributed by atoms with van der Waals surface area (Å²) in [7, 11) is 1.42. The van der Waals surface area contributed by atoms with Gasteiger partial charge in [-0.2, -0.15) is 0 Å². The van der Waals surface area contributed by atoms with Crippen molar-refractivity contribution in [1.29, 1.82) is 0 Å². The number of fused-ring (bicyclic) bond motifs is 3. The van der Waals surface area contributed by atoms with E-state index in [1.54, 1.807) is 19.1 Å². The van der Waals surface area contributed by atoms with E-state index in [0.29, 0.717) is 11.3 Å². The summed E-state index contributed by atoms with van der Waals surface area (Å²) in [5.74, 6) is -1.11. The molecule has 8 nitrogen and oxygen atoms in total. The van der Waals surface area contributed by atoms with Crippen molar-refractivity contribution in [3.8, 4) is 17.2 Å². The molecule has 2 aromatic heterocycles. The minimum absolute atomic E-state index is 0.00200. The number of hydrogen-bond acceptors (Lipinski definition) is 6. The number of rotatable bonds is 6. The summed E-state index contributed by atoms with van der Waals surface area (Å²) in [5.41, 5.74) is 3.26. The Kier molecular flexibility index (Phi) is 6.18. The summed E-state index contributed by atoms with van der Waals surface area (Å²) in [4.78, 5) is 29.2. The van der Waals surface area contributed by atoms with Crippen molar-refractivity contribution in [2.45, 2.75) is 44.6 Å². The predicted octanol–water partition coefficient (Wildman–Crippen LogP) is 4.57. The van der Waals surface area contributed by atoms with Crippen LogP contribution in [0, 0.1) is 6.92 Å². The summed E-state index contributed by atoms with van der Waals surface area (Å²) in [5, 5.41) is 24.9. The average molecular weight is 489 g/mol. The zero-order valence-corrected chi connectivity index (χ0v) is 20.1. The molecule has 8 heteroatoms. The average Bonchev–Trinajstić information content (AvgIpc) is 3.25. The highest BCUT2D eigenvalue weighted by Crippen LogP contribution is 2.38. The minimum atomic E-state index is -0.780. The first kappa shape index (κ1) is 23.5. The third kappa shape index (κ3) is 4.30. The van der Waals surface area contributed by atoms with Gasteiger partial charge in [-0.25, -0.2) is 0 Å². The van der Waals surface area contributed by atoms with Crippen LogP contribution in [0.2, 0.25) is 0 Å². The maximum absolute atomic E-state index is 13.4. The second-order valence-electron chi connectivity index (χ2n) is 9.20. The molecule has 5 rings (SSSR count). The van der Waals surface area contributed by atoms with Crippen LogP contribution >= 0.6 is 0 Å². The number of nitrogens with one attached hydrogen (secondary N) is 2. The van der Waals surface area contributed by atoms with Crippen LogP contribution in [-0.2, 0) is 11.2 Å². The first-order valence-corrected chi connectivity index (χ1v) is 11.9. The van der Waals surface area contributed by atoms with E-state index in [9.17, 15) is 19.8 Å². The van der Waals surface area contributed by atoms with Gasteiger partial charge in [0.15, 0.2) is 17.3 Å². The molecule has 2 heterocycles. The maximum Gasteiger partial charge on any atom is 0.227 e. The molecule has 0 bridgehead atoms. The largest absolute Gasteiger partial charge is 0.504 e. The normalized spacial score (nSPS) is 15.9. The van der Waals surface area contributed by atoms with Gasteiger partial charge in [0.05, 0.1) is 19.1 Å². The number of para-hydroxylation sites is 1. The summed E-state index contributed by atoms with van der Waals surface area (Å²) in [6.07, 6.45) is 2.61. The van der Waals surface area contributed by atoms with E-state index in [2.05, 4.69) is 16.4 Å². The minimum Gasteiger partial charge on any atom is -0.504 e. The molecule has 1 aliphatic rings. The van der Waals surface area contributed by atoms with E-state index in [1.165, 1.54) is 30.2 Å². The Morgan fingerprint density at radius 2 is 2.03 bits per heavy atom. The van der Waals surface area contributed by atoms with Gasteiger partial charge in [0.1, 0.15) is 5.76 Å². The SMILES string of the molecule is COc1cc(C(CC(=O)NC2CCCc3c2[nH]c2ccccc32)c2oc(C)cc(=O)c2O)ccc1O. The highest BCUT2D eigenvalue weighted by molar-refractivity contribution is 5.85. The second kappa shape index (κ2) is 9.45. The van der Waals surface area contributed by atoms with Gasteiger partial charge in [0, 0.05) is 29.1 Å². The van der Waals surface area contributed by atoms with Gasteiger partial charge in [-0.1, -0.05) is 24.3 Å². The van der Waals surface area contributed by atoms with Gasteiger partial charge in [-0.05, 0) is 55.5 Å². The van der Waals surface area contributed by atoms with Crippen LogP contribution in [0.15, 0.2) is 57.7 Å². The molecule has 1 amide bonds. The van der Waals surface area contributed by atoms with E-state index >= 15 is 0 Å². The number of phenols is 1. The Bertz CT molecular complexity index is 1500. The molecular formula is C28H28N2O6. The smallest absolute Gasteiger partial charge is 0.227 e. The first-order chi connectivity index (χ1) is 17.4. The number of aromatic hydroxyl groups is 2. The number of aromatic amines is 1. The molecule has 1 aliphatic carbocycles. The molecule has 2 unspecified atom stereocenters. The van der Waals surface area contributed by atoms with Crippen molar-refractivity contribution in [3.63, 3.8) is 0 Å². The number of aromatic nitrogens is 1. The Morgan fingerprint density at radius 3 is 2.83 bits per heavy atom. The predicted molar refractivity (Wildman–Crippen MR) is 135 cm³/mol. The van der Waals surface area contributed by atoms with Gasteiger partial charge in [0.25, 0.3) is 0 Å². The van der Waals surface area contributed by atoms with E-state index < -0.39 is 17.1 Å². The summed E-state index contributed by atoms with van der Waals surface area (Å²) >= 11 is 0. The fraction of sp³-hybridized carbons (Fsp3) is 0.286. The fourth-order valence-corrected chi connectivity index (χ4v) is 5.13. The maximum atomic E-state index is 13.4. The van der Waals surface area contributed by atoms with Crippen LogP contribution < -0.4 is 15.5 Å². The zero-order chi connectivity index (χ0) is 25.4. The van der Waals surface area contributed by atoms with Crippen molar-refractivity contribution in [2.24, 2.45) is 0 Å². The van der Waals surface area contributed by atoms with Crippen molar-refractivity contribution in [2.75, 3.05) is 7.11 Å². The van der Waals surface area contributed by atoms with Crippen molar-refractivity contribution < 1.29 is 24.2 Å². The molecule has 2 aromatic carbocycles. The number of phenolic OH excluding ortho intramolecular Hbond substituents is 1. The molecule has 4 aromatic rings. The van der Waals surface area contributed by atoms with Crippen molar-refractivity contribution in [1.82, 2.24) is 10.3 Å². The third-order valence-corrected chi connectivity index (χ3v) is 6.83. The zero-order valence-electron chi connectivity index (χ0n) is 20.1. The lowest BCUT2D eigenvalue weighted by Gasteiger charge is -2.25.